The van der Waals surface area contributed by atoms with Crippen LogP contribution in [-0.4, -0.2) is 24.7 Å². The first-order valence-electron chi connectivity index (χ1n) is 7.79. The molecule has 2 aliphatic rings. The summed E-state index contributed by atoms with van der Waals surface area (Å²) in [6.45, 7) is 0. The van der Waals surface area contributed by atoms with Gasteiger partial charge in [0.05, 0.1) is 6.04 Å². The number of nitrogens with zero attached hydrogens (tertiary/aromatic N) is 4. The highest BCUT2D eigenvalue weighted by Gasteiger charge is 2.32. The van der Waals surface area contributed by atoms with Gasteiger partial charge < -0.3 is 4.98 Å². The molecule has 5 nitrogen and oxygen atoms in total. The van der Waals surface area contributed by atoms with E-state index in [0.717, 1.165) is 28.2 Å². The highest BCUT2D eigenvalue weighted by Crippen LogP contribution is 2.42. The second kappa shape index (κ2) is 4.16. The molecule has 2 fully saturated rings. The Balaban J connectivity index is 1.70. The summed E-state index contributed by atoms with van der Waals surface area (Å²) in [7, 11) is 0. The number of fused-ring (bicyclic) bond motifs is 1. The van der Waals surface area contributed by atoms with Crippen LogP contribution in [0.25, 0.3) is 22.4 Å². The van der Waals surface area contributed by atoms with Crippen LogP contribution in [-0.2, 0) is 0 Å². The molecule has 3 aromatic heterocycles. The van der Waals surface area contributed by atoms with Crippen molar-refractivity contribution in [2.75, 3.05) is 0 Å². The normalized spacial score (nSPS) is 19.0. The Morgan fingerprint density at radius 3 is 2.86 bits per heavy atom. The summed E-state index contributed by atoms with van der Waals surface area (Å²) in [5, 5.41) is 5.96. The lowest BCUT2D eigenvalue weighted by molar-refractivity contribution is 0.290. The minimum atomic E-state index is 0.529. The van der Waals surface area contributed by atoms with E-state index in [0.29, 0.717) is 12.0 Å². The van der Waals surface area contributed by atoms with Crippen molar-refractivity contribution in [2.24, 2.45) is 0 Å². The summed E-state index contributed by atoms with van der Waals surface area (Å²) in [6, 6.07) is 4.61. The van der Waals surface area contributed by atoms with Crippen molar-refractivity contribution >= 4 is 11.0 Å². The number of hydrogen-bond donors (Lipinski definition) is 1. The molecule has 0 amide bonds. The predicted molar refractivity (Wildman–Crippen MR) is 80.0 cm³/mol. The van der Waals surface area contributed by atoms with Crippen molar-refractivity contribution in [2.45, 2.75) is 44.1 Å². The molecule has 2 aliphatic carbocycles. The zero-order chi connectivity index (χ0) is 13.8. The third-order valence-electron chi connectivity index (χ3n) is 4.70. The fourth-order valence-electron chi connectivity index (χ4n) is 3.06. The van der Waals surface area contributed by atoms with E-state index < -0.39 is 0 Å². The van der Waals surface area contributed by atoms with Crippen molar-refractivity contribution < 1.29 is 0 Å². The topological polar surface area (TPSA) is 59.4 Å². The molecular formula is C16H17N5. The molecular weight excluding hydrogens is 262 g/mol. The summed E-state index contributed by atoms with van der Waals surface area (Å²) < 4.78 is 2.17. The monoisotopic (exact) mass is 279 g/mol. The fourth-order valence-corrected chi connectivity index (χ4v) is 3.06. The Morgan fingerprint density at radius 1 is 1.19 bits per heavy atom. The van der Waals surface area contributed by atoms with E-state index in [1.165, 1.54) is 32.1 Å². The molecule has 0 spiro atoms. The number of H-pyrrole nitrogens is 1. The van der Waals surface area contributed by atoms with Gasteiger partial charge in [-0.25, -0.2) is 14.6 Å². The summed E-state index contributed by atoms with van der Waals surface area (Å²) in [4.78, 5) is 12.5. The van der Waals surface area contributed by atoms with Gasteiger partial charge in [0.1, 0.15) is 5.65 Å². The largest absolute Gasteiger partial charge is 0.345 e. The molecule has 0 aromatic carbocycles. The standard InChI is InChI=1S/C16H17N5/c1-3-11(4-1)21-16(19-14(20-21)10-6-7-10)13-9-18-15-12(13)5-2-8-17-15/h2,5,8-11H,1,3-4,6-7H2,(H,17,18). The first-order chi connectivity index (χ1) is 10.4. The minimum Gasteiger partial charge on any atom is -0.345 e. The van der Waals surface area contributed by atoms with E-state index in [-0.39, 0.29) is 0 Å². The maximum Gasteiger partial charge on any atom is 0.160 e. The van der Waals surface area contributed by atoms with Crippen molar-refractivity contribution in [1.82, 2.24) is 24.7 Å². The van der Waals surface area contributed by atoms with Crippen molar-refractivity contribution in [3.05, 3.63) is 30.4 Å². The third kappa shape index (κ3) is 1.73. The minimum absolute atomic E-state index is 0.529. The number of aromatic nitrogens is 5. The van der Waals surface area contributed by atoms with Gasteiger partial charge in [-0.15, -0.1) is 0 Å². The molecule has 0 bridgehead atoms. The van der Waals surface area contributed by atoms with Gasteiger partial charge in [0.2, 0.25) is 0 Å². The lowest BCUT2D eigenvalue weighted by Gasteiger charge is -2.26. The van der Waals surface area contributed by atoms with E-state index in [2.05, 4.69) is 20.7 Å². The highest BCUT2D eigenvalue weighted by molar-refractivity contribution is 5.91. The molecule has 3 aromatic rings. The second-order valence-electron chi connectivity index (χ2n) is 6.20. The van der Waals surface area contributed by atoms with Gasteiger partial charge in [-0.1, -0.05) is 0 Å². The maximum atomic E-state index is 4.87. The molecule has 21 heavy (non-hydrogen) atoms. The number of nitrogens with one attached hydrogen (secondary N) is 1. The fraction of sp³-hybridized carbons (Fsp3) is 0.438. The van der Waals surface area contributed by atoms with Crippen LogP contribution in [0.1, 0.15) is 49.9 Å². The maximum absolute atomic E-state index is 4.87. The van der Waals surface area contributed by atoms with Crippen LogP contribution in [0.4, 0.5) is 0 Å². The molecule has 0 atom stereocenters. The molecule has 5 rings (SSSR count). The molecule has 0 unspecified atom stereocenters. The first-order valence-corrected chi connectivity index (χ1v) is 7.79. The molecule has 1 N–H and O–H groups in total. The highest BCUT2D eigenvalue weighted by atomic mass is 15.4. The van der Waals surface area contributed by atoms with E-state index in [1.54, 1.807) is 0 Å². The number of hydrogen-bond acceptors (Lipinski definition) is 3. The van der Waals surface area contributed by atoms with Gasteiger partial charge >= 0.3 is 0 Å². The van der Waals surface area contributed by atoms with E-state index in [4.69, 9.17) is 10.1 Å². The van der Waals surface area contributed by atoms with Crippen LogP contribution >= 0.6 is 0 Å². The third-order valence-corrected chi connectivity index (χ3v) is 4.70. The molecule has 106 valence electrons. The smallest absolute Gasteiger partial charge is 0.160 e. The van der Waals surface area contributed by atoms with Crippen LogP contribution < -0.4 is 0 Å². The van der Waals surface area contributed by atoms with Gasteiger partial charge in [0.15, 0.2) is 11.6 Å². The molecule has 3 heterocycles. The van der Waals surface area contributed by atoms with Gasteiger partial charge in [-0.05, 0) is 44.2 Å². The number of rotatable bonds is 3. The molecule has 0 saturated heterocycles. The molecule has 2 saturated carbocycles. The summed E-state index contributed by atoms with van der Waals surface area (Å²) in [6.07, 6.45) is 10.1. The zero-order valence-electron chi connectivity index (χ0n) is 11.8. The average Bonchev–Trinajstić information content (AvgIpc) is 3.08. The lowest BCUT2D eigenvalue weighted by Crippen LogP contribution is -2.19. The average molecular weight is 279 g/mol. The Kier molecular flexibility index (Phi) is 2.28. The Bertz CT molecular complexity index is 807. The SMILES string of the molecule is c1cnc2[nH]cc(-c3nc(C4CC4)nn3C3CCC3)c2c1. The molecule has 0 aliphatic heterocycles. The van der Waals surface area contributed by atoms with Gasteiger partial charge in [-0.3, -0.25) is 0 Å². The van der Waals surface area contributed by atoms with Crippen molar-refractivity contribution in [1.29, 1.82) is 0 Å². The summed E-state index contributed by atoms with van der Waals surface area (Å²) in [5.74, 6) is 2.64. The Labute approximate surface area is 122 Å². The first kappa shape index (κ1) is 11.5. The molecule has 0 radical (unpaired) electrons. The predicted octanol–water partition coefficient (Wildman–Crippen LogP) is 3.42. The molecule has 5 heteroatoms. The van der Waals surface area contributed by atoms with Crippen LogP contribution in [0, 0.1) is 0 Å². The van der Waals surface area contributed by atoms with Gasteiger partial charge in [0.25, 0.3) is 0 Å². The van der Waals surface area contributed by atoms with Crippen LogP contribution in [0.3, 0.4) is 0 Å². The van der Waals surface area contributed by atoms with E-state index in [9.17, 15) is 0 Å². The number of pyridine rings is 1. The van der Waals surface area contributed by atoms with Crippen LogP contribution in [0.2, 0.25) is 0 Å². The summed E-state index contributed by atoms with van der Waals surface area (Å²) >= 11 is 0. The van der Waals surface area contributed by atoms with Crippen LogP contribution in [0.15, 0.2) is 24.5 Å². The number of aromatic amines is 1. The lowest BCUT2D eigenvalue weighted by atomic mass is 9.93. The Hall–Kier alpha value is -2.17. The van der Waals surface area contributed by atoms with Crippen molar-refractivity contribution in [3.63, 3.8) is 0 Å². The van der Waals surface area contributed by atoms with Gasteiger partial charge in [0, 0.05) is 29.3 Å². The quantitative estimate of drug-likeness (QED) is 0.799. The van der Waals surface area contributed by atoms with Crippen molar-refractivity contribution in [3.8, 4) is 11.4 Å². The van der Waals surface area contributed by atoms with Crippen LogP contribution in [0.5, 0.6) is 0 Å². The van der Waals surface area contributed by atoms with E-state index >= 15 is 0 Å². The van der Waals surface area contributed by atoms with Gasteiger partial charge in [-0.2, -0.15) is 5.10 Å². The summed E-state index contributed by atoms with van der Waals surface area (Å²) in [5.41, 5.74) is 2.05. The Morgan fingerprint density at radius 2 is 2.10 bits per heavy atom. The zero-order valence-corrected chi connectivity index (χ0v) is 11.8. The second-order valence-corrected chi connectivity index (χ2v) is 6.20. The van der Waals surface area contributed by atoms with E-state index in [1.807, 2.05) is 18.5 Å².